The van der Waals surface area contributed by atoms with Crippen molar-refractivity contribution < 1.29 is 0 Å². The van der Waals surface area contributed by atoms with Crippen LogP contribution in [0.3, 0.4) is 0 Å². The minimum absolute atomic E-state index is 0.849. The number of benzene rings is 1. The first-order chi connectivity index (χ1) is 12.2. The molecule has 5 nitrogen and oxygen atoms in total. The Hall–Kier alpha value is -2.92. The van der Waals surface area contributed by atoms with E-state index in [-0.39, 0.29) is 0 Å². The van der Waals surface area contributed by atoms with Gasteiger partial charge >= 0.3 is 0 Å². The van der Waals surface area contributed by atoms with E-state index in [2.05, 4.69) is 63.5 Å². The summed E-state index contributed by atoms with van der Waals surface area (Å²) < 4.78 is 0. The number of H-pyrrole nitrogens is 1. The van der Waals surface area contributed by atoms with Crippen LogP contribution in [-0.2, 0) is 0 Å². The number of hydrogen-bond acceptors (Lipinski definition) is 4. The molecule has 0 unspecified atom stereocenters. The SMILES string of the molecule is CN(C)CCNc1cc(-c2cnc3ccccc3c2)c2cc[nH]c2n1. The Labute approximate surface area is 146 Å². The van der Waals surface area contributed by atoms with Crippen LogP contribution in [-0.4, -0.2) is 47.0 Å². The van der Waals surface area contributed by atoms with Gasteiger partial charge in [-0.2, -0.15) is 0 Å². The van der Waals surface area contributed by atoms with Crippen LogP contribution in [0.15, 0.2) is 54.9 Å². The van der Waals surface area contributed by atoms with Crippen molar-refractivity contribution in [2.45, 2.75) is 0 Å². The molecular weight excluding hydrogens is 310 g/mol. The summed E-state index contributed by atoms with van der Waals surface area (Å²) in [4.78, 5) is 14.7. The van der Waals surface area contributed by atoms with Crippen molar-refractivity contribution in [1.29, 1.82) is 0 Å². The van der Waals surface area contributed by atoms with Crippen LogP contribution in [0, 0.1) is 0 Å². The zero-order valence-electron chi connectivity index (χ0n) is 14.5. The molecule has 0 aliphatic heterocycles. The molecule has 0 spiro atoms. The first kappa shape index (κ1) is 15.6. The van der Waals surface area contributed by atoms with Crippen molar-refractivity contribution in [1.82, 2.24) is 19.9 Å². The van der Waals surface area contributed by atoms with E-state index in [1.807, 2.05) is 30.6 Å². The maximum absolute atomic E-state index is 4.67. The van der Waals surface area contributed by atoms with Crippen LogP contribution in [0.4, 0.5) is 5.82 Å². The number of nitrogens with one attached hydrogen (secondary N) is 2. The monoisotopic (exact) mass is 331 g/mol. The van der Waals surface area contributed by atoms with E-state index in [0.717, 1.165) is 52.0 Å². The molecule has 3 heterocycles. The molecule has 0 aliphatic carbocycles. The topological polar surface area (TPSA) is 56.8 Å². The van der Waals surface area contributed by atoms with E-state index in [1.54, 1.807) is 0 Å². The number of pyridine rings is 2. The van der Waals surface area contributed by atoms with E-state index in [9.17, 15) is 0 Å². The number of nitrogens with zero attached hydrogens (tertiary/aromatic N) is 3. The third-order valence-electron chi connectivity index (χ3n) is 4.30. The van der Waals surface area contributed by atoms with Gasteiger partial charge in [0.05, 0.1) is 5.52 Å². The van der Waals surface area contributed by atoms with Crippen LogP contribution in [0.1, 0.15) is 0 Å². The summed E-state index contributed by atoms with van der Waals surface area (Å²) in [6.07, 6.45) is 3.87. The van der Waals surface area contributed by atoms with Gasteiger partial charge < -0.3 is 15.2 Å². The minimum atomic E-state index is 0.849. The van der Waals surface area contributed by atoms with Gasteiger partial charge in [0.2, 0.25) is 0 Å². The van der Waals surface area contributed by atoms with Gasteiger partial charge in [-0.05, 0) is 43.9 Å². The Balaban J connectivity index is 1.77. The third-order valence-corrected chi connectivity index (χ3v) is 4.30. The summed E-state index contributed by atoms with van der Waals surface area (Å²) in [5.41, 5.74) is 4.13. The number of rotatable bonds is 5. The van der Waals surface area contributed by atoms with Crippen molar-refractivity contribution in [2.24, 2.45) is 0 Å². The van der Waals surface area contributed by atoms with E-state index < -0.39 is 0 Å². The Kier molecular flexibility index (Phi) is 4.07. The third kappa shape index (κ3) is 3.19. The zero-order chi connectivity index (χ0) is 17.2. The summed E-state index contributed by atoms with van der Waals surface area (Å²) in [5.74, 6) is 0.875. The first-order valence-corrected chi connectivity index (χ1v) is 8.42. The smallest absolute Gasteiger partial charge is 0.140 e. The molecule has 4 rings (SSSR count). The van der Waals surface area contributed by atoms with E-state index >= 15 is 0 Å². The van der Waals surface area contributed by atoms with Crippen LogP contribution < -0.4 is 5.32 Å². The van der Waals surface area contributed by atoms with Gasteiger partial charge in [0.25, 0.3) is 0 Å². The van der Waals surface area contributed by atoms with E-state index in [0.29, 0.717) is 0 Å². The van der Waals surface area contributed by atoms with Crippen molar-refractivity contribution in [3.8, 4) is 11.1 Å². The lowest BCUT2D eigenvalue weighted by Gasteiger charge is -2.12. The number of hydrogen-bond donors (Lipinski definition) is 2. The van der Waals surface area contributed by atoms with Crippen LogP contribution in [0.25, 0.3) is 33.1 Å². The molecule has 0 amide bonds. The molecule has 3 aromatic heterocycles. The fourth-order valence-corrected chi connectivity index (χ4v) is 2.99. The second-order valence-corrected chi connectivity index (χ2v) is 6.44. The zero-order valence-corrected chi connectivity index (χ0v) is 14.5. The van der Waals surface area contributed by atoms with Crippen molar-refractivity contribution in [2.75, 3.05) is 32.5 Å². The molecule has 0 aliphatic rings. The second-order valence-electron chi connectivity index (χ2n) is 6.44. The summed E-state index contributed by atoms with van der Waals surface area (Å²) in [5, 5.41) is 5.66. The normalized spacial score (nSPS) is 11.5. The molecule has 0 saturated carbocycles. The molecule has 0 radical (unpaired) electrons. The summed E-state index contributed by atoms with van der Waals surface area (Å²) in [7, 11) is 4.13. The van der Waals surface area contributed by atoms with Gasteiger partial charge in [0, 0.05) is 41.8 Å². The van der Waals surface area contributed by atoms with E-state index in [4.69, 9.17) is 0 Å². The Morgan fingerprint density at radius 1 is 1.12 bits per heavy atom. The number of aromatic amines is 1. The molecule has 2 N–H and O–H groups in total. The largest absolute Gasteiger partial charge is 0.369 e. The van der Waals surface area contributed by atoms with Gasteiger partial charge in [0.1, 0.15) is 11.5 Å². The molecular formula is C20H21N5. The quantitative estimate of drug-likeness (QED) is 0.585. The van der Waals surface area contributed by atoms with Crippen LogP contribution in [0.2, 0.25) is 0 Å². The number of likely N-dealkylation sites (N-methyl/N-ethyl adjacent to an activating group) is 1. The fraction of sp³-hybridized carbons (Fsp3) is 0.200. The standard InChI is InChI=1S/C20H21N5/c1-25(2)10-9-21-19-12-17(16-7-8-22-20(16)24-19)15-11-14-5-3-4-6-18(14)23-13-15/h3-8,11-13H,9-10H2,1-2H3,(H2,21,22,24). The predicted molar refractivity (Wildman–Crippen MR) is 104 cm³/mol. The highest BCUT2D eigenvalue weighted by Crippen LogP contribution is 2.31. The highest BCUT2D eigenvalue weighted by Gasteiger charge is 2.10. The van der Waals surface area contributed by atoms with Crippen LogP contribution >= 0.6 is 0 Å². The molecule has 0 fully saturated rings. The predicted octanol–water partition coefficient (Wildman–Crippen LogP) is 3.75. The number of anilines is 1. The lowest BCUT2D eigenvalue weighted by atomic mass is 10.0. The molecule has 0 saturated heterocycles. The Bertz CT molecular complexity index is 1020. The second kappa shape index (κ2) is 6.53. The average Bonchev–Trinajstić information content (AvgIpc) is 3.09. The molecule has 4 aromatic rings. The van der Waals surface area contributed by atoms with Gasteiger partial charge in [0.15, 0.2) is 0 Å². The highest BCUT2D eigenvalue weighted by atomic mass is 15.1. The molecule has 0 atom stereocenters. The van der Waals surface area contributed by atoms with Crippen LogP contribution in [0.5, 0.6) is 0 Å². The molecule has 126 valence electrons. The summed E-state index contributed by atoms with van der Waals surface area (Å²) in [6, 6.07) is 14.5. The van der Waals surface area contributed by atoms with Crippen molar-refractivity contribution >= 4 is 27.8 Å². The molecule has 5 heteroatoms. The van der Waals surface area contributed by atoms with Crippen molar-refractivity contribution in [3.05, 3.63) is 54.9 Å². The minimum Gasteiger partial charge on any atom is -0.369 e. The molecule has 1 aromatic carbocycles. The highest BCUT2D eigenvalue weighted by molar-refractivity contribution is 5.96. The van der Waals surface area contributed by atoms with Gasteiger partial charge in [-0.1, -0.05) is 18.2 Å². The fourth-order valence-electron chi connectivity index (χ4n) is 2.99. The Morgan fingerprint density at radius 3 is 2.88 bits per heavy atom. The van der Waals surface area contributed by atoms with Gasteiger partial charge in [-0.15, -0.1) is 0 Å². The number of aromatic nitrogens is 3. The van der Waals surface area contributed by atoms with E-state index in [1.165, 1.54) is 0 Å². The first-order valence-electron chi connectivity index (χ1n) is 8.42. The maximum Gasteiger partial charge on any atom is 0.140 e. The lowest BCUT2D eigenvalue weighted by Crippen LogP contribution is -2.21. The summed E-state index contributed by atoms with van der Waals surface area (Å²) in [6.45, 7) is 1.80. The van der Waals surface area contributed by atoms with Gasteiger partial charge in [-0.25, -0.2) is 4.98 Å². The maximum atomic E-state index is 4.67. The lowest BCUT2D eigenvalue weighted by molar-refractivity contribution is 0.425. The van der Waals surface area contributed by atoms with Crippen molar-refractivity contribution in [3.63, 3.8) is 0 Å². The number of para-hydroxylation sites is 1. The molecule has 0 bridgehead atoms. The Morgan fingerprint density at radius 2 is 2.00 bits per heavy atom. The molecule has 25 heavy (non-hydrogen) atoms. The average molecular weight is 331 g/mol. The van der Waals surface area contributed by atoms with Gasteiger partial charge in [-0.3, -0.25) is 4.98 Å². The summed E-state index contributed by atoms with van der Waals surface area (Å²) >= 11 is 0. The number of fused-ring (bicyclic) bond motifs is 2.